The van der Waals surface area contributed by atoms with Crippen LogP contribution in [0.15, 0.2) is 12.1 Å². The highest BCUT2D eigenvalue weighted by atomic mass is 16.3. The number of nitrogens with zero attached hydrogens (tertiary/aromatic N) is 2. The van der Waals surface area contributed by atoms with Crippen molar-refractivity contribution >= 4 is 17.3 Å². The normalized spacial score (nSPS) is 10.3. The summed E-state index contributed by atoms with van der Waals surface area (Å²) in [7, 11) is 0. The van der Waals surface area contributed by atoms with Gasteiger partial charge in [-0.25, -0.2) is 4.98 Å². The third kappa shape index (κ3) is 2.99. The number of pyridine rings is 1. The molecule has 1 aromatic heterocycles. The van der Waals surface area contributed by atoms with Crippen LogP contribution in [-0.2, 0) is 0 Å². The van der Waals surface area contributed by atoms with Gasteiger partial charge in [0.05, 0.1) is 12.3 Å². The summed E-state index contributed by atoms with van der Waals surface area (Å²) in [6.45, 7) is 3.58. The van der Waals surface area contributed by atoms with Crippen molar-refractivity contribution in [2.45, 2.75) is 13.3 Å². The Morgan fingerprint density at radius 3 is 2.60 bits per heavy atom. The second-order valence-electron chi connectivity index (χ2n) is 3.35. The second-order valence-corrected chi connectivity index (χ2v) is 3.35. The highest BCUT2D eigenvalue weighted by Crippen LogP contribution is 2.18. The van der Waals surface area contributed by atoms with Crippen LogP contribution in [0.3, 0.4) is 0 Å². The predicted molar refractivity (Wildman–Crippen MR) is 62.7 cm³/mol. The average Bonchev–Trinajstić information content (AvgIpc) is 2.22. The molecule has 15 heavy (non-hydrogen) atoms. The number of rotatable bonds is 5. The maximum atomic E-state index is 8.92. The molecule has 84 valence electrons. The summed E-state index contributed by atoms with van der Waals surface area (Å²) < 4.78 is 0. The van der Waals surface area contributed by atoms with Gasteiger partial charge in [0.25, 0.3) is 0 Å². The van der Waals surface area contributed by atoms with Crippen LogP contribution in [0.25, 0.3) is 0 Å². The molecule has 0 bridgehead atoms. The zero-order chi connectivity index (χ0) is 11.3. The van der Waals surface area contributed by atoms with Gasteiger partial charge < -0.3 is 21.5 Å². The number of nitrogen functional groups attached to an aromatic ring is 2. The number of anilines is 3. The Hall–Kier alpha value is -1.49. The van der Waals surface area contributed by atoms with Crippen LogP contribution in [0.2, 0.25) is 0 Å². The summed E-state index contributed by atoms with van der Waals surface area (Å²) in [6.07, 6.45) is 0.992. The van der Waals surface area contributed by atoms with Gasteiger partial charge in [-0.15, -0.1) is 0 Å². The highest BCUT2D eigenvalue weighted by molar-refractivity contribution is 5.62. The highest BCUT2D eigenvalue weighted by Gasteiger charge is 2.07. The van der Waals surface area contributed by atoms with Crippen molar-refractivity contribution in [3.8, 4) is 0 Å². The molecule has 0 amide bonds. The molecule has 5 nitrogen and oxygen atoms in total. The Morgan fingerprint density at radius 2 is 2.07 bits per heavy atom. The van der Waals surface area contributed by atoms with E-state index in [9.17, 15) is 0 Å². The first-order valence-electron chi connectivity index (χ1n) is 5.06. The van der Waals surface area contributed by atoms with Crippen LogP contribution in [0.1, 0.15) is 13.3 Å². The third-order valence-electron chi connectivity index (χ3n) is 2.13. The van der Waals surface area contributed by atoms with Crippen molar-refractivity contribution < 1.29 is 5.11 Å². The Kier molecular flexibility index (Phi) is 4.17. The van der Waals surface area contributed by atoms with Crippen LogP contribution in [-0.4, -0.2) is 29.8 Å². The number of nitrogens with two attached hydrogens (primary N) is 2. The first-order chi connectivity index (χ1) is 7.19. The predicted octanol–water partition coefficient (Wildman–Crippen LogP) is 0.455. The fraction of sp³-hybridized carbons (Fsp3) is 0.500. The van der Waals surface area contributed by atoms with E-state index in [0.717, 1.165) is 18.8 Å². The van der Waals surface area contributed by atoms with Crippen molar-refractivity contribution in [1.82, 2.24) is 4.98 Å². The van der Waals surface area contributed by atoms with E-state index in [1.54, 1.807) is 6.07 Å². The van der Waals surface area contributed by atoms with E-state index in [1.807, 2.05) is 11.0 Å². The van der Waals surface area contributed by atoms with Crippen molar-refractivity contribution in [3.05, 3.63) is 12.1 Å². The molecule has 0 aliphatic heterocycles. The van der Waals surface area contributed by atoms with E-state index >= 15 is 0 Å². The molecule has 0 atom stereocenters. The fourth-order valence-corrected chi connectivity index (χ4v) is 1.38. The maximum Gasteiger partial charge on any atom is 0.149 e. The van der Waals surface area contributed by atoms with Gasteiger partial charge in [-0.2, -0.15) is 0 Å². The van der Waals surface area contributed by atoms with Gasteiger partial charge in [0.15, 0.2) is 0 Å². The van der Waals surface area contributed by atoms with Crippen molar-refractivity contribution in [3.63, 3.8) is 0 Å². The molecule has 0 unspecified atom stereocenters. The van der Waals surface area contributed by atoms with E-state index in [2.05, 4.69) is 11.9 Å². The van der Waals surface area contributed by atoms with E-state index in [1.165, 1.54) is 0 Å². The smallest absolute Gasteiger partial charge is 0.149 e. The Balaban J connectivity index is 2.85. The van der Waals surface area contributed by atoms with E-state index < -0.39 is 0 Å². The Bertz CT molecular complexity index is 310. The molecular weight excluding hydrogens is 192 g/mol. The van der Waals surface area contributed by atoms with Crippen LogP contribution in [0.5, 0.6) is 0 Å². The number of aliphatic hydroxyl groups excluding tert-OH is 1. The minimum atomic E-state index is 0.103. The molecular formula is C10H18N4O. The second kappa shape index (κ2) is 5.41. The van der Waals surface area contributed by atoms with E-state index in [-0.39, 0.29) is 6.61 Å². The lowest BCUT2D eigenvalue weighted by molar-refractivity contribution is 0.301. The molecule has 0 spiro atoms. The largest absolute Gasteiger partial charge is 0.396 e. The quantitative estimate of drug-likeness (QED) is 0.657. The van der Waals surface area contributed by atoms with Gasteiger partial charge in [0, 0.05) is 13.1 Å². The van der Waals surface area contributed by atoms with Crippen molar-refractivity contribution in [2.75, 3.05) is 36.1 Å². The number of aliphatic hydroxyl groups is 1. The first kappa shape index (κ1) is 11.6. The van der Waals surface area contributed by atoms with Crippen LogP contribution < -0.4 is 16.4 Å². The number of hydrogen-bond acceptors (Lipinski definition) is 5. The van der Waals surface area contributed by atoms with Gasteiger partial charge in [0.1, 0.15) is 11.6 Å². The van der Waals surface area contributed by atoms with Gasteiger partial charge in [-0.1, -0.05) is 6.92 Å². The number of hydrogen-bond donors (Lipinski definition) is 3. The van der Waals surface area contributed by atoms with Gasteiger partial charge >= 0.3 is 0 Å². The monoisotopic (exact) mass is 210 g/mol. The summed E-state index contributed by atoms with van der Waals surface area (Å²) in [6, 6.07) is 3.55. The molecule has 1 aromatic rings. The fourth-order valence-electron chi connectivity index (χ4n) is 1.38. The minimum Gasteiger partial charge on any atom is -0.396 e. The molecule has 0 fully saturated rings. The molecule has 0 saturated carbocycles. The molecule has 1 heterocycles. The van der Waals surface area contributed by atoms with Crippen LogP contribution >= 0.6 is 0 Å². The van der Waals surface area contributed by atoms with Crippen LogP contribution in [0, 0.1) is 0 Å². The SMILES string of the molecule is CCCN(CCO)c1ccc(N)c(N)n1. The number of aromatic nitrogens is 1. The molecule has 0 aromatic carbocycles. The molecule has 0 saturated heterocycles. The lowest BCUT2D eigenvalue weighted by Gasteiger charge is -2.22. The summed E-state index contributed by atoms with van der Waals surface area (Å²) >= 11 is 0. The molecule has 0 aliphatic carbocycles. The van der Waals surface area contributed by atoms with Gasteiger partial charge in [0.2, 0.25) is 0 Å². The molecule has 1 rings (SSSR count). The van der Waals surface area contributed by atoms with E-state index in [0.29, 0.717) is 18.1 Å². The molecule has 5 N–H and O–H groups in total. The molecule has 0 radical (unpaired) electrons. The van der Waals surface area contributed by atoms with Crippen molar-refractivity contribution in [1.29, 1.82) is 0 Å². The zero-order valence-electron chi connectivity index (χ0n) is 8.98. The minimum absolute atomic E-state index is 0.103. The van der Waals surface area contributed by atoms with Gasteiger partial charge in [-0.05, 0) is 18.6 Å². The third-order valence-corrected chi connectivity index (χ3v) is 2.13. The van der Waals surface area contributed by atoms with Gasteiger partial charge in [-0.3, -0.25) is 0 Å². The Labute approximate surface area is 89.7 Å². The molecule has 0 aliphatic rings. The topological polar surface area (TPSA) is 88.4 Å². The lowest BCUT2D eigenvalue weighted by atomic mass is 10.3. The van der Waals surface area contributed by atoms with E-state index in [4.69, 9.17) is 16.6 Å². The lowest BCUT2D eigenvalue weighted by Crippen LogP contribution is -2.28. The summed E-state index contributed by atoms with van der Waals surface area (Å²) in [5.74, 6) is 1.10. The Morgan fingerprint density at radius 1 is 1.33 bits per heavy atom. The zero-order valence-corrected chi connectivity index (χ0v) is 8.98. The summed E-state index contributed by atoms with van der Waals surface area (Å²) in [5.41, 5.74) is 11.7. The van der Waals surface area contributed by atoms with Crippen LogP contribution in [0.4, 0.5) is 17.3 Å². The standard InChI is InChI=1S/C10H18N4O/c1-2-5-14(6-7-15)9-4-3-8(11)10(12)13-9/h3-4,15H,2,5-7,11H2,1H3,(H2,12,13). The first-order valence-corrected chi connectivity index (χ1v) is 5.06. The maximum absolute atomic E-state index is 8.92. The summed E-state index contributed by atoms with van der Waals surface area (Å²) in [4.78, 5) is 6.16. The summed E-state index contributed by atoms with van der Waals surface area (Å²) in [5, 5.41) is 8.92. The van der Waals surface area contributed by atoms with Crippen molar-refractivity contribution in [2.24, 2.45) is 0 Å². The molecule has 5 heteroatoms. The average molecular weight is 210 g/mol.